The number of aliphatic hydroxyl groups excluding tert-OH is 1. The van der Waals surface area contributed by atoms with Crippen molar-refractivity contribution in [3.8, 4) is 0 Å². The van der Waals surface area contributed by atoms with E-state index in [4.69, 9.17) is 0 Å². The van der Waals surface area contributed by atoms with Crippen molar-refractivity contribution in [1.82, 2.24) is 9.88 Å². The summed E-state index contributed by atoms with van der Waals surface area (Å²) in [5.41, 5.74) is 1.73. The maximum absolute atomic E-state index is 12.2. The van der Waals surface area contributed by atoms with Crippen molar-refractivity contribution in [2.45, 2.75) is 45.3 Å². The van der Waals surface area contributed by atoms with Crippen LogP contribution in [0.25, 0.3) is 0 Å². The second-order valence-corrected chi connectivity index (χ2v) is 5.30. The van der Waals surface area contributed by atoms with Gasteiger partial charge in [-0.15, -0.1) is 0 Å². The lowest BCUT2D eigenvalue weighted by Crippen LogP contribution is -2.46. The minimum atomic E-state index is -0.167. The van der Waals surface area contributed by atoms with Crippen molar-refractivity contribution >= 4 is 5.91 Å². The fraction of sp³-hybridized carbons (Fsp3) is 0.643. The lowest BCUT2D eigenvalue weighted by atomic mass is 9.76. The van der Waals surface area contributed by atoms with Gasteiger partial charge in [0.1, 0.15) is 0 Å². The van der Waals surface area contributed by atoms with Crippen molar-refractivity contribution in [1.29, 1.82) is 0 Å². The van der Waals surface area contributed by atoms with Crippen LogP contribution in [0.1, 0.15) is 42.2 Å². The molecule has 0 aromatic carbocycles. The van der Waals surface area contributed by atoms with E-state index in [9.17, 15) is 9.90 Å². The first-order valence-electron chi connectivity index (χ1n) is 6.63. The quantitative estimate of drug-likeness (QED) is 0.853. The van der Waals surface area contributed by atoms with Crippen LogP contribution in [0.2, 0.25) is 0 Å². The summed E-state index contributed by atoms with van der Waals surface area (Å²) in [6.45, 7) is 4.02. The minimum absolute atomic E-state index is 0.00124. The minimum Gasteiger partial charge on any atom is -0.393 e. The molecular formula is C14H22N2O2. The van der Waals surface area contributed by atoms with E-state index in [0.717, 1.165) is 30.5 Å². The summed E-state index contributed by atoms with van der Waals surface area (Å²) >= 11 is 0. The monoisotopic (exact) mass is 250 g/mol. The van der Waals surface area contributed by atoms with E-state index in [1.807, 2.05) is 30.8 Å². The molecule has 0 saturated heterocycles. The second-order valence-electron chi connectivity index (χ2n) is 5.30. The molecule has 2 N–H and O–H groups in total. The molecule has 100 valence electrons. The Labute approximate surface area is 108 Å². The zero-order valence-corrected chi connectivity index (χ0v) is 11.3. The fourth-order valence-corrected chi connectivity index (χ4v) is 2.61. The number of rotatable bonds is 4. The van der Waals surface area contributed by atoms with E-state index in [2.05, 4.69) is 12.2 Å². The van der Waals surface area contributed by atoms with Crippen LogP contribution in [0, 0.1) is 12.8 Å². The van der Waals surface area contributed by atoms with Gasteiger partial charge in [0.2, 0.25) is 0 Å². The van der Waals surface area contributed by atoms with Crippen LogP contribution in [-0.4, -0.2) is 27.7 Å². The molecule has 2 rings (SSSR count). The maximum Gasteiger partial charge on any atom is 0.253 e. The smallest absolute Gasteiger partial charge is 0.253 e. The molecule has 0 radical (unpaired) electrons. The van der Waals surface area contributed by atoms with Gasteiger partial charge in [-0.25, -0.2) is 0 Å². The van der Waals surface area contributed by atoms with Gasteiger partial charge in [0.05, 0.1) is 11.7 Å². The summed E-state index contributed by atoms with van der Waals surface area (Å²) < 4.78 is 1.95. The molecule has 0 spiro atoms. The predicted molar refractivity (Wildman–Crippen MR) is 70.4 cm³/mol. The number of nitrogens with one attached hydrogen (secondary N) is 1. The molecule has 1 aliphatic carbocycles. The van der Waals surface area contributed by atoms with Crippen molar-refractivity contribution in [2.24, 2.45) is 13.0 Å². The fourth-order valence-electron chi connectivity index (χ4n) is 2.61. The van der Waals surface area contributed by atoms with Gasteiger partial charge in [0.25, 0.3) is 5.91 Å². The van der Waals surface area contributed by atoms with Crippen LogP contribution in [0.4, 0.5) is 0 Å². The zero-order chi connectivity index (χ0) is 13.3. The topological polar surface area (TPSA) is 54.3 Å². The van der Waals surface area contributed by atoms with Gasteiger partial charge >= 0.3 is 0 Å². The Morgan fingerprint density at radius 1 is 1.61 bits per heavy atom. The first kappa shape index (κ1) is 13.1. The standard InChI is InChI=1S/C14H22N2O2/c1-4-13(10-7-11(17)8-10)15-14(18)12-5-6-16(3)9(12)2/h5-6,10-11,13,17H,4,7-8H2,1-3H3,(H,15,18). The number of aromatic nitrogens is 1. The van der Waals surface area contributed by atoms with Crippen molar-refractivity contribution < 1.29 is 9.90 Å². The van der Waals surface area contributed by atoms with E-state index in [1.165, 1.54) is 0 Å². The molecular weight excluding hydrogens is 228 g/mol. The first-order valence-corrected chi connectivity index (χ1v) is 6.63. The number of carbonyl (C=O) groups excluding carboxylic acids is 1. The molecule has 1 aromatic rings. The molecule has 4 nitrogen and oxygen atoms in total. The number of aliphatic hydroxyl groups is 1. The number of carbonyl (C=O) groups is 1. The average molecular weight is 250 g/mol. The highest BCUT2D eigenvalue weighted by Crippen LogP contribution is 2.31. The van der Waals surface area contributed by atoms with Gasteiger partial charge in [-0.1, -0.05) is 6.92 Å². The summed E-state index contributed by atoms with van der Waals surface area (Å²) in [6, 6.07) is 2.04. The molecule has 1 amide bonds. The van der Waals surface area contributed by atoms with E-state index < -0.39 is 0 Å². The molecule has 1 aliphatic rings. The third-order valence-electron chi connectivity index (χ3n) is 4.10. The number of hydrogen-bond donors (Lipinski definition) is 2. The second kappa shape index (κ2) is 5.14. The third kappa shape index (κ3) is 2.43. The van der Waals surface area contributed by atoms with E-state index >= 15 is 0 Å². The number of aryl methyl sites for hydroxylation is 1. The molecule has 1 unspecified atom stereocenters. The zero-order valence-electron chi connectivity index (χ0n) is 11.3. The Bertz CT molecular complexity index is 433. The van der Waals surface area contributed by atoms with Crippen LogP contribution in [0.3, 0.4) is 0 Å². The van der Waals surface area contributed by atoms with Gasteiger partial charge in [0, 0.05) is 25.0 Å². The molecule has 0 bridgehead atoms. The predicted octanol–water partition coefficient (Wildman–Crippen LogP) is 1.61. The van der Waals surface area contributed by atoms with Crippen molar-refractivity contribution in [2.75, 3.05) is 0 Å². The lowest BCUT2D eigenvalue weighted by molar-refractivity contribution is 0.0232. The highest BCUT2D eigenvalue weighted by molar-refractivity contribution is 5.95. The van der Waals surface area contributed by atoms with Gasteiger partial charge < -0.3 is 15.0 Å². The normalized spacial score (nSPS) is 24.4. The molecule has 4 heteroatoms. The first-order chi connectivity index (χ1) is 8.52. The lowest BCUT2D eigenvalue weighted by Gasteiger charge is -2.37. The van der Waals surface area contributed by atoms with E-state index in [0.29, 0.717) is 5.92 Å². The summed E-state index contributed by atoms with van der Waals surface area (Å²) in [6.07, 6.45) is 4.27. The van der Waals surface area contributed by atoms with Crippen LogP contribution in [0.15, 0.2) is 12.3 Å². The Balaban J connectivity index is 1.99. The Hall–Kier alpha value is -1.29. The van der Waals surface area contributed by atoms with E-state index in [-0.39, 0.29) is 18.1 Å². The molecule has 1 saturated carbocycles. The van der Waals surface area contributed by atoms with Gasteiger partial charge in [-0.05, 0) is 38.2 Å². The molecule has 1 fully saturated rings. The van der Waals surface area contributed by atoms with Gasteiger partial charge in [0.15, 0.2) is 0 Å². The molecule has 18 heavy (non-hydrogen) atoms. The summed E-state index contributed by atoms with van der Waals surface area (Å²) in [7, 11) is 1.94. The number of amides is 1. The van der Waals surface area contributed by atoms with Crippen LogP contribution >= 0.6 is 0 Å². The van der Waals surface area contributed by atoms with Crippen molar-refractivity contribution in [3.05, 3.63) is 23.5 Å². The van der Waals surface area contributed by atoms with Crippen molar-refractivity contribution in [3.63, 3.8) is 0 Å². The highest BCUT2D eigenvalue weighted by Gasteiger charge is 2.34. The van der Waals surface area contributed by atoms with Crippen LogP contribution < -0.4 is 5.32 Å². The summed E-state index contributed by atoms with van der Waals surface area (Å²) in [5, 5.41) is 12.4. The van der Waals surface area contributed by atoms with Crippen LogP contribution in [-0.2, 0) is 7.05 Å². The molecule has 1 aromatic heterocycles. The largest absolute Gasteiger partial charge is 0.393 e. The average Bonchev–Trinajstić information content (AvgIpc) is 2.63. The number of hydrogen-bond acceptors (Lipinski definition) is 2. The van der Waals surface area contributed by atoms with E-state index in [1.54, 1.807) is 0 Å². The summed E-state index contributed by atoms with van der Waals surface area (Å²) in [4.78, 5) is 12.2. The van der Waals surface area contributed by atoms with Crippen LogP contribution in [0.5, 0.6) is 0 Å². The molecule has 1 heterocycles. The highest BCUT2D eigenvalue weighted by atomic mass is 16.3. The van der Waals surface area contributed by atoms with Gasteiger partial charge in [-0.2, -0.15) is 0 Å². The Kier molecular flexibility index (Phi) is 3.76. The third-order valence-corrected chi connectivity index (χ3v) is 4.10. The SMILES string of the molecule is CCC(NC(=O)c1ccn(C)c1C)C1CC(O)C1. The molecule has 0 aliphatic heterocycles. The van der Waals surface area contributed by atoms with Gasteiger partial charge in [-0.3, -0.25) is 4.79 Å². The maximum atomic E-state index is 12.2. The Morgan fingerprint density at radius 2 is 2.28 bits per heavy atom. The number of nitrogens with zero attached hydrogens (tertiary/aromatic N) is 1. The summed E-state index contributed by atoms with van der Waals surface area (Å²) in [5.74, 6) is 0.430. The molecule has 1 atom stereocenters. The Morgan fingerprint density at radius 3 is 2.72 bits per heavy atom.